The van der Waals surface area contributed by atoms with Gasteiger partial charge in [0, 0.05) is 27.2 Å². The van der Waals surface area contributed by atoms with Gasteiger partial charge in [-0.25, -0.2) is 0 Å². The number of benzene rings is 1. The molecule has 0 unspecified atom stereocenters. The number of nitrogens with one attached hydrogen (secondary N) is 1. The van der Waals surface area contributed by atoms with Crippen molar-refractivity contribution in [1.82, 2.24) is 13.9 Å². The zero-order valence-corrected chi connectivity index (χ0v) is 16.8. The average Bonchev–Trinajstić information content (AvgIpc) is 2.67. The Morgan fingerprint density at radius 1 is 1.26 bits per heavy atom. The van der Waals surface area contributed by atoms with E-state index in [-0.39, 0.29) is 24.4 Å². The molecule has 1 aromatic carbocycles. The standard InChI is InChI=1S/C18H27N3O5S/c1-13(14-6-7-16-17(11-14)26-10-9-25-16)19-18(22)15-5-4-8-21(12-15)27(23,24)20(2)3/h6-7,11,13,15H,4-5,8-10,12H2,1-3H3,(H,19,22)/t13-,15-/m1/s1. The Bertz CT molecular complexity index is 796. The minimum absolute atomic E-state index is 0.129. The molecule has 9 heteroatoms. The highest BCUT2D eigenvalue weighted by Gasteiger charge is 2.33. The van der Waals surface area contributed by atoms with Crippen LogP contribution < -0.4 is 14.8 Å². The molecular formula is C18H27N3O5S. The summed E-state index contributed by atoms with van der Waals surface area (Å²) in [6.45, 7) is 3.60. The van der Waals surface area contributed by atoms with Crippen LogP contribution in [0.2, 0.25) is 0 Å². The second-order valence-electron chi connectivity index (χ2n) is 7.12. The summed E-state index contributed by atoms with van der Waals surface area (Å²) in [5.74, 6) is 0.908. The molecule has 1 N–H and O–H groups in total. The Balaban J connectivity index is 1.64. The maximum absolute atomic E-state index is 12.7. The van der Waals surface area contributed by atoms with Crippen molar-refractivity contribution in [3.8, 4) is 11.5 Å². The van der Waals surface area contributed by atoms with Crippen LogP contribution in [-0.2, 0) is 15.0 Å². The van der Waals surface area contributed by atoms with E-state index in [2.05, 4.69) is 5.32 Å². The second-order valence-corrected chi connectivity index (χ2v) is 9.26. The number of piperidine rings is 1. The maximum Gasteiger partial charge on any atom is 0.281 e. The molecule has 2 aliphatic heterocycles. The number of nitrogens with zero attached hydrogens (tertiary/aromatic N) is 2. The van der Waals surface area contributed by atoms with Gasteiger partial charge in [-0.1, -0.05) is 6.07 Å². The molecular weight excluding hydrogens is 370 g/mol. The highest BCUT2D eigenvalue weighted by molar-refractivity contribution is 7.86. The molecule has 0 bridgehead atoms. The molecule has 2 heterocycles. The van der Waals surface area contributed by atoms with Gasteiger partial charge in [-0.05, 0) is 37.5 Å². The normalized spacial score (nSPS) is 21.7. The van der Waals surface area contributed by atoms with E-state index < -0.39 is 10.2 Å². The van der Waals surface area contributed by atoms with Gasteiger partial charge in [-0.15, -0.1) is 0 Å². The van der Waals surface area contributed by atoms with E-state index in [1.807, 2.05) is 25.1 Å². The van der Waals surface area contributed by atoms with E-state index in [9.17, 15) is 13.2 Å². The van der Waals surface area contributed by atoms with Crippen molar-refractivity contribution in [2.24, 2.45) is 5.92 Å². The lowest BCUT2D eigenvalue weighted by Crippen LogP contribution is -2.49. The zero-order valence-electron chi connectivity index (χ0n) is 16.0. The van der Waals surface area contributed by atoms with Gasteiger partial charge < -0.3 is 14.8 Å². The third kappa shape index (κ3) is 4.36. The lowest BCUT2D eigenvalue weighted by molar-refractivity contribution is -0.126. The summed E-state index contributed by atoms with van der Waals surface area (Å²) >= 11 is 0. The highest BCUT2D eigenvalue weighted by Crippen LogP contribution is 2.32. The second kappa shape index (κ2) is 8.04. The third-order valence-corrected chi connectivity index (χ3v) is 6.87. The molecule has 0 radical (unpaired) electrons. The number of amides is 1. The van der Waals surface area contributed by atoms with Gasteiger partial charge in [-0.3, -0.25) is 4.79 Å². The van der Waals surface area contributed by atoms with Crippen LogP contribution in [0.25, 0.3) is 0 Å². The molecule has 1 amide bonds. The van der Waals surface area contributed by atoms with Crippen molar-refractivity contribution < 1.29 is 22.7 Å². The molecule has 2 atom stereocenters. The first-order valence-electron chi connectivity index (χ1n) is 9.16. The van der Waals surface area contributed by atoms with Crippen LogP contribution >= 0.6 is 0 Å². The SMILES string of the molecule is C[C@@H](NC(=O)[C@@H]1CCCN(S(=O)(=O)N(C)C)C1)c1ccc2c(c1)OCCO2. The Hall–Kier alpha value is -1.84. The van der Waals surface area contributed by atoms with E-state index in [1.165, 1.54) is 22.7 Å². The Kier molecular flexibility index (Phi) is 5.92. The summed E-state index contributed by atoms with van der Waals surface area (Å²) in [4.78, 5) is 12.7. The van der Waals surface area contributed by atoms with Crippen LogP contribution in [0.3, 0.4) is 0 Å². The first kappa shape index (κ1) is 19.9. The van der Waals surface area contributed by atoms with Gasteiger partial charge in [0.05, 0.1) is 12.0 Å². The van der Waals surface area contributed by atoms with Crippen molar-refractivity contribution in [3.63, 3.8) is 0 Å². The maximum atomic E-state index is 12.7. The fourth-order valence-electron chi connectivity index (χ4n) is 3.34. The molecule has 150 valence electrons. The van der Waals surface area contributed by atoms with Gasteiger partial charge in [0.25, 0.3) is 10.2 Å². The van der Waals surface area contributed by atoms with E-state index in [4.69, 9.17) is 9.47 Å². The van der Waals surface area contributed by atoms with Crippen LogP contribution in [-0.4, -0.2) is 63.3 Å². The fraction of sp³-hybridized carbons (Fsp3) is 0.611. The molecule has 0 aromatic heterocycles. The fourth-order valence-corrected chi connectivity index (χ4v) is 4.53. The first-order chi connectivity index (χ1) is 12.8. The van der Waals surface area contributed by atoms with Crippen LogP contribution in [0.4, 0.5) is 0 Å². The lowest BCUT2D eigenvalue weighted by Gasteiger charge is -2.33. The van der Waals surface area contributed by atoms with Crippen LogP contribution in [0.1, 0.15) is 31.4 Å². The van der Waals surface area contributed by atoms with E-state index >= 15 is 0 Å². The molecule has 3 rings (SSSR count). The monoisotopic (exact) mass is 397 g/mol. The average molecular weight is 397 g/mol. The Morgan fingerprint density at radius 2 is 1.96 bits per heavy atom. The topological polar surface area (TPSA) is 88.2 Å². The predicted octanol–water partition coefficient (Wildman–Crippen LogP) is 1.15. The largest absolute Gasteiger partial charge is 0.486 e. The first-order valence-corrected chi connectivity index (χ1v) is 10.6. The number of ether oxygens (including phenoxy) is 2. The summed E-state index contributed by atoms with van der Waals surface area (Å²) < 4.78 is 38.3. The predicted molar refractivity (Wildman–Crippen MR) is 101 cm³/mol. The summed E-state index contributed by atoms with van der Waals surface area (Å²) in [5, 5.41) is 3.00. The molecule has 1 saturated heterocycles. The minimum Gasteiger partial charge on any atom is -0.486 e. The minimum atomic E-state index is -3.50. The zero-order chi connectivity index (χ0) is 19.6. The van der Waals surface area contributed by atoms with Crippen molar-refractivity contribution >= 4 is 16.1 Å². The number of hydrogen-bond donors (Lipinski definition) is 1. The summed E-state index contributed by atoms with van der Waals surface area (Å²) in [6.07, 6.45) is 1.35. The van der Waals surface area contributed by atoms with Crippen LogP contribution in [0.5, 0.6) is 11.5 Å². The van der Waals surface area contributed by atoms with Crippen molar-refractivity contribution in [2.75, 3.05) is 40.4 Å². The summed E-state index contributed by atoms with van der Waals surface area (Å²) in [6, 6.07) is 5.41. The molecule has 27 heavy (non-hydrogen) atoms. The molecule has 0 aliphatic carbocycles. The van der Waals surface area contributed by atoms with E-state index in [0.29, 0.717) is 44.1 Å². The van der Waals surface area contributed by atoms with Gasteiger partial charge in [-0.2, -0.15) is 17.0 Å². The molecule has 2 aliphatic rings. The molecule has 0 spiro atoms. The molecule has 1 aromatic rings. The van der Waals surface area contributed by atoms with Gasteiger partial charge in [0.15, 0.2) is 11.5 Å². The Morgan fingerprint density at radius 3 is 2.67 bits per heavy atom. The number of rotatable bonds is 5. The number of fused-ring (bicyclic) bond motifs is 1. The van der Waals surface area contributed by atoms with E-state index in [0.717, 1.165) is 5.56 Å². The Labute approximate surface area is 160 Å². The van der Waals surface area contributed by atoms with Crippen molar-refractivity contribution in [2.45, 2.75) is 25.8 Å². The lowest BCUT2D eigenvalue weighted by atomic mass is 9.97. The highest BCUT2D eigenvalue weighted by atomic mass is 32.2. The molecule has 0 saturated carbocycles. The van der Waals surface area contributed by atoms with Crippen molar-refractivity contribution in [1.29, 1.82) is 0 Å². The smallest absolute Gasteiger partial charge is 0.281 e. The number of carbonyl (C=O) groups excluding carboxylic acids is 1. The quantitative estimate of drug-likeness (QED) is 0.805. The van der Waals surface area contributed by atoms with Gasteiger partial charge >= 0.3 is 0 Å². The molecule has 1 fully saturated rings. The van der Waals surface area contributed by atoms with Crippen LogP contribution in [0.15, 0.2) is 18.2 Å². The third-order valence-electron chi connectivity index (χ3n) is 4.97. The number of hydrogen-bond acceptors (Lipinski definition) is 5. The van der Waals surface area contributed by atoms with E-state index in [1.54, 1.807) is 0 Å². The molecule has 8 nitrogen and oxygen atoms in total. The number of carbonyl (C=O) groups is 1. The van der Waals surface area contributed by atoms with Crippen LogP contribution in [0, 0.1) is 5.92 Å². The van der Waals surface area contributed by atoms with Crippen molar-refractivity contribution in [3.05, 3.63) is 23.8 Å². The van der Waals surface area contributed by atoms with Gasteiger partial charge in [0.1, 0.15) is 13.2 Å². The summed E-state index contributed by atoms with van der Waals surface area (Å²) in [7, 11) is -0.495. The summed E-state index contributed by atoms with van der Waals surface area (Å²) in [5.41, 5.74) is 0.918. The van der Waals surface area contributed by atoms with Gasteiger partial charge in [0.2, 0.25) is 5.91 Å².